The van der Waals surface area contributed by atoms with E-state index in [1.54, 1.807) is 0 Å². The molecule has 3 aromatic rings. The number of hydrogen-bond acceptors (Lipinski definition) is 3. The van der Waals surface area contributed by atoms with E-state index in [9.17, 15) is 0 Å². The summed E-state index contributed by atoms with van der Waals surface area (Å²) in [6.45, 7) is 0. The molecular weight excluding hydrogens is 283 g/mol. The van der Waals surface area contributed by atoms with Crippen LogP contribution in [0, 0.1) is 0 Å². The lowest BCUT2D eigenvalue weighted by Gasteiger charge is -2.08. The van der Waals surface area contributed by atoms with E-state index in [0.29, 0.717) is 5.82 Å². The first-order chi connectivity index (χ1) is 9.24. The maximum atomic E-state index is 5.81. The van der Waals surface area contributed by atoms with Gasteiger partial charge in [0.05, 0.1) is 5.69 Å². The summed E-state index contributed by atoms with van der Waals surface area (Å²) in [4.78, 5) is 11.9. The summed E-state index contributed by atoms with van der Waals surface area (Å²) >= 11 is 11.6. The molecule has 0 aliphatic rings. The maximum Gasteiger partial charge on any atom is 0.227 e. The number of halogens is 2. The molecular formula is C13H8Cl2N4. The fourth-order valence-electron chi connectivity index (χ4n) is 1.82. The van der Waals surface area contributed by atoms with Crippen LogP contribution in [-0.2, 0) is 0 Å². The van der Waals surface area contributed by atoms with Crippen LogP contribution in [0.3, 0.4) is 0 Å². The number of nitrogens with zero attached hydrogens (tertiary/aromatic N) is 4. The van der Waals surface area contributed by atoms with Gasteiger partial charge in [-0.3, -0.25) is 0 Å². The van der Waals surface area contributed by atoms with Gasteiger partial charge in [0.2, 0.25) is 10.6 Å². The number of benzene rings is 1. The van der Waals surface area contributed by atoms with Crippen molar-refractivity contribution in [3.8, 4) is 17.2 Å². The molecule has 0 saturated heterocycles. The van der Waals surface area contributed by atoms with Crippen LogP contribution in [0.1, 0.15) is 0 Å². The standard InChI is InChI=1S/C13H8Cl2N4/c14-12-16-11(17-13(15)18-12)10-7-4-8-19(10)9-5-2-1-3-6-9/h1-8H. The highest BCUT2D eigenvalue weighted by atomic mass is 35.5. The number of hydrogen-bond donors (Lipinski definition) is 0. The molecule has 0 atom stereocenters. The number of aromatic nitrogens is 4. The SMILES string of the molecule is Clc1nc(Cl)nc(-c2cccn2-c2ccccc2)n1. The minimum absolute atomic E-state index is 0.0795. The first-order valence-corrected chi connectivity index (χ1v) is 6.30. The molecule has 3 rings (SSSR count). The van der Waals surface area contributed by atoms with Gasteiger partial charge in [-0.1, -0.05) is 18.2 Å². The Bertz CT molecular complexity index is 689. The van der Waals surface area contributed by atoms with Gasteiger partial charge in [-0.2, -0.15) is 15.0 Å². The lowest BCUT2D eigenvalue weighted by molar-refractivity contribution is 1.01. The largest absolute Gasteiger partial charge is 0.314 e. The summed E-state index contributed by atoms with van der Waals surface area (Å²) in [7, 11) is 0. The third kappa shape index (κ3) is 2.45. The minimum Gasteiger partial charge on any atom is -0.314 e. The van der Waals surface area contributed by atoms with Crippen molar-refractivity contribution in [2.75, 3.05) is 0 Å². The Kier molecular flexibility index (Phi) is 3.19. The number of rotatable bonds is 2. The van der Waals surface area contributed by atoms with Gasteiger partial charge in [0, 0.05) is 11.9 Å². The van der Waals surface area contributed by atoms with Gasteiger partial charge in [0.25, 0.3) is 0 Å². The van der Waals surface area contributed by atoms with Crippen LogP contribution >= 0.6 is 23.2 Å². The van der Waals surface area contributed by atoms with E-state index in [0.717, 1.165) is 11.4 Å². The van der Waals surface area contributed by atoms with Crippen LogP contribution in [0.2, 0.25) is 10.6 Å². The van der Waals surface area contributed by atoms with E-state index in [1.165, 1.54) is 0 Å². The Morgan fingerprint density at radius 1 is 0.789 bits per heavy atom. The maximum absolute atomic E-state index is 5.81. The van der Waals surface area contributed by atoms with Gasteiger partial charge in [-0.25, -0.2) is 0 Å². The summed E-state index contributed by atoms with van der Waals surface area (Å²) in [5.74, 6) is 0.443. The van der Waals surface area contributed by atoms with Crippen molar-refractivity contribution in [3.63, 3.8) is 0 Å². The molecule has 6 heteroatoms. The Morgan fingerprint density at radius 2 is 1.47 bits per heavy atom. The lowest BCUT2D eigenvalue weighted by atomic mass is 10.3. The zero-order chi connectivity index (χ0) is 13.2. The van der Waals surface area contributed by atoms with Crippen molar-refractivity contribution in [1.82, 2.24) is 19.5 Å². The third-order valence-corrected chi connectivity index (χ3v) is 2.93. The molecule has 4 nitrogen and oxygen atoms in total. The second kappa shape index (κ2) is 4.99. The van der Waals surface area contributed by atoms with Crippen molar-refractivity contribution in [2.45, 2.75) is 0 Å². The molecule has 1 aromatic carbocycles. The van der Waals surface area contributed by atoms with Crippen LogP contribution in [0.25, 0.3) is 17.2 Å². The predicted octanol–water partition coefficient (Wildman–Crippen LogP) is 3.64. The first-order valence-electron chi connectivity index (χ1n) is 5.54. The highest BCUT2D eigenvalue weighted by Crippen LogP contribution is 2.22. The van der Waals surface area contributed by atoms with Crippen molar-refractivity contribution in [2.24, 2.45) is 0 Å². The molecule has 0 fully saturated rings. The molecule has 0 bridgehead atoms. The fourth-order valence-corrected chi connectivity index (χ4v) is 2.18. The smallest absolute Gasteiger partial charge is 0.227 e. The monoisotopic (exact) mass is 290 g/mol. The molecule has 0 N–H and O–H groups in total. The second-order valence-corrected chi connectivity index (χ2v) is 4.47. The van der Waals surface area contributed by atoms with Gasteiger partial charge in [-0.15, -0.1) is 0 Å². The molecule has 94 valence electrons. The predicted molar refractivity (Wildman–Crippen MR) is 74.6 cm³/mol. The summed E-state index contributed by atoms with van der Waals surface area (Å²) in [5.41, 5.74) is 1.81. The average molecular weight is 291 g/mol. The van der Waals surface area contributed by atoms with E-state index >= 15 is 0 Å². The molecule has 0 aliphatic heterocycles. The average Bonchev–Trinajstić information content (AvgIpc) is 2.88. The molecule has 0 aliphatic carbocycles. The summed E-state index contributed by atoms with van der Waals surface area (Å²) in [6.07, 6.45) is 1.93. The quantitative estimate of drug-likeness (QED) is 0.724. The first kappa shape index (κ1) is 12.1. The van der Waals surface area contributed by atoms with Crippen LogP contribution in [0.15, 0.2) is 48.7 Å². The van der Waals surface area contributed by atoms with Crippen molar-refractivity contribution < 1.29 is 0 Å². The van der Waals surface area contributed by atoms with Crippen LogP contribution < -0.4 is 0 Å². The molecule has 2 heterocycles. The molecule has 19 heavy (non-hydrogen) atoms. The van der Waals surface area contributed by atoms with E-state index in [1.807, 2.05) is 53.2 Å². The van der Waals surface area contributed by atoms with Crippen molar-refractivity contribution >= 4 is 23.2 Å². The van der Waals surface area contributed by atoms with E-state index in [4.69, 9.17) is 23.2 Å². The zero-order valence-corrected chi connectivity index (χ0v) is 11.2. The number of para-hydroxylation sites is 1. The molecule has 0 saturated carbocycles. The van der Waals surface area contributed by atoms with E-state index < -0.39 is 0 Å². The highest BCUT2D eigenvalue weighted by molar-refractivity contribution is 6.31. The summed E-state index contributed by atoms with van der Waals surface area (Å²) < 4.78 is 1.96. The Labute approximate surface area is 119 Å². The van der Waals surface area contributed by atoms with Crippen LogP contribution in [0.4, 0.5) is 0 Å². The zero-order valence-electron chi connectivity index (χ0n) is 9.66. The molecule has 0 amide bonds. The highest BCUT2D eigenvalue weighted by Gasteiger charge is 2.11. The fraction of sp³-hybridized carbons (Fsp3) is 0. The minimum atomic E-state index is 0.0795. The molecule has 0 unspecified atom stereocenters. The second-order valence-electron chi connectivity index (χ2n) is 3.80. The van der Waals surface area contributed by atoms with Crippen LogP contribution in [0.5, 0.6) is 0 Å². The van der Waals surface area contributed by atoms with E-state index in [-0.39, 0.29) is 10.6 Å². The van der Waals surface area contributed by atoms with Gasteiger partial charge in [0.1, 0.15) is 0 Å². The summed E-state index contributed by atoms with van der Waals surface area (Å²) in [6, 6.07) is 13.7. The Morgan fingerprint density at radius 3 is 2.16 bits per heavy atom. The summed E-state index contributed by atoms with van der Waals surface area (Å²) in [5, 5.41) is 0.159. The molecule has 0 radical (unpaired) electrons. The van der Waals surface area contributed by atoms with Gasteiger partial charge in [-0.05, 0) is 47.5 Å². The van der Waals surface area contributed by atoms with Gasteiger partial charge in [0.15, 0.2) is 5.82 Å². The van der Waals surface area contributed by atoms with E-state index in [2.05, 4.69) is 15.0 Å². The van der Waals surface area contributed by atoms with Crippen molar-refractivity contribution in [3.05, 3.63) is 59.2 Å². The normalized spacial score (nSPS) is 10.6. The van der Waals surface area contributed by atoms with Crippen LogP contribution in [-0.4, -0.2) is 19.5 Å². The topological polar surface area (TPSA) is 43.6 Å². The third-order valence-electron chi connectivity index (χ3n) is 2.59. The van der Waals surface area contributed by atoms with Crippen molar-refractivity contribution in [1.29, 1.82) is 0 Å². The molecule has 2 aromatic heterocycles. The Hall–Kier alpha value is -1.91. The molecule has 0 spiro atoms. The van der Waals surface area contributed by atoms with Gasteiger partial charge < -0.3 is 4.57 Å². The Balaban J connectivity index is 2.15. The van der Waals surface area contributed by atoms with Gasteiger partial charge >= 0.3 is 0 Å². The lowest BCUT2D eigenvalue weighted by Crippen LogP contribution is -2.00.